The second-order valence-electron chi connectivity index (χ2n) is 4.41. The van der Waals surface area contributed by atoms with E-state index in [0.717, 1.165) is 10.5 Å². The highest BCUT2D eigenvalue weighted by Crippen LogP contribution is 2.19. The normalized spacial score (nSPS) is 19.5. The number of benzene rings is 1. The lowest BCUT2D eigenvalue weighted by Gasteiger charge is -2.23. The summed E-state index contributed by atoms with van der Waals surface area (Å²) in [7, 11) is 0.346. The average Bonchev–Trinajstić information content (AvgIpc) is 2.48. The van der Waals surface area contributed by atoms with Crippen molar-refractivity contribution >= 4 is 22.9 Å². The van der Waals surface area contributed by atoms with Gasteiger partial charge < -0.3 is 10.1 Å². The van der Waals surface area contributed by atoms with Crippen LogP contribution in [0.25, 0.3) is 0 Å². The fourth-order valence-electron chi connectivity index (χ4n) is 1.93. The molecule has 1 aromatic rings. The Morgan fingerprint density at radius 3 is 2.65 bits per heavy atom. The van der Waals surface area contributed by atoms with Gasteiger partial charge in [0.05, 0.1) is 13.7 Å². The van der Waals surface area contributed by atoms with Crippen molar-refractivity contribution in [2.45, 2.75) is 10.8 Å². The topological polar surface area (TPSA) is 79.8 Å². The van der Waals surface area contributed by atoms with Gasteiger partial charge in [-0.1, -0.05) is 12.1 Å². The monoisotopic (exact) mass is 295 g/mol. The summed E-state index contributed by atoms with van der Waals surface area (Å²) in [6, 6.07) is 7.68. The number of nitrogens with one attached hydrogen (secondary N) is 2. The van der Waals surface area contributed by atoms with E-state index < -0.39 is 16.9 Å². The van der Waals surface area contributed by atoms with Crippen LogP contribution in [-0.2, 0) is 15.5 Å². The zero-order chi connectivity index (χ0) is 14.5. The van der Waals surface area contributed by atoms with Gasteiger partial charge in [-0.3, -0.25) is 14.5 Å². The van der Waals surface area contributed by atoms with Gasteiger partial charge in [-0.05, 0) is 17.7 Å². The lowest BCUT2D eigenvalue weighted by Crippen LogP contribution is -2.45. The minimum Gasteiger partial charge on any atom is -0.453 e. The standard InChI is InChI=1S/C13H17N3O3S/c1-19-13(17)16-12-14-7-10(8-15-12)9-3-5-11(6-4-9)20(2)18/h3-6,10H,7-8H2,1-2H3,(H2,14,15,16,17). The van der Waals surface area contributed by atoms with E-state index in [1.807, 2.05) is 24.3 Å². The molecule has 1 aliphatic heterocycles. The van der Waals surface area contributed by atoms with E-state index in [-0.39, 0.29) is 5.92 Å². The molecule has 2 unspecified atom stereocenters. The molecule has 0 radical (unpaired) electrons. The summed E-state index contributed by atoms with van der Waals surface area (Å²) in [4.78, 5) is 16.1. The van der Waals surface area contributed by atoms with Crippen LogP contribution in [0.1, 0.15) is 11.5 Å². The minimum absolute atomic E-state index is 0.234. The number of nitrogens with zero attached hydrogens (tertiary/aromatic N) is 1. The molecule has 0 spiro atoms. The van der Waals surface area contributed by atoms with Crippen molar-refractivity contribution in [3.63, 3.8) is 0 Å². The fraction of sp³-hybridized carbons (Fsp3) is 0.385. The van der Waals surface area contributed by atoms with Crippen LogP contribution in [0.4, 0.5) is 4.79 Å². The Bertz CT molecular complexity index is 542. The molecule has 1 aromatic carbocycles. The predicted molar refractivity (Wildman–Crippen MR) is 77.4 cm³/mol. The van der Waals surface area contributed by atoms with E-state index >= 15 is 0 Å². The van der Waals surface area contributed by atoms with Gasteiger partial charge in [-0.2, -0.15) is 0 Å². The second-order valence-corrected chi connectivity index (χ2v) is 5.79. The van der Waals surface area contributed by atoms with Gasteiger partial charge >= 0.3 is 6.09 Å². The van der Waals surface area contributed by atoms with Crippen molar-refractivity contribution in [2.75, 3.05) is 26.5 Å². The van der Waals surface area contributed by atoms with Crippen molar-refractivity contribution in [1.29, 1.82) is 0 Å². The Balaban J connectivity index is 1.99. The van der Waals surface area contributed by atoms with Crippen LogP contribution < -0.4 is 10.6 Å². The number of carbonyl (C=O) groups is 1. The molecule has 0 saturated carbocycles. The van der Waals surface area contributed by atoms with Crippen LogP contribution in [0, 0.1) is 0 Å². The molecule has 2 rings (SSSR count). The molecule has 20 heavy (non-hydrogen) atoms. The first-order chi connectivity index (χ1) is 9.60. The first-order valence-corrected chi connectivity index (χ1v) is 7.72. The molecule has 0 fully saturated rings. The van der Waals surface area contributed by atoms with Crippen molar-refractivity contribution in [1.82, 2.24) is 10.6 Å². The van der Waals surface area contributed by atoms with Crippen LogP contribution in [0.3, 0.4) is 0 Å². The molecular weight excluding hydrogens is 278 g/mol. The third-order valence-electron chi connectivity index (χ3n) is 3.07. The molecule has 0 saturated heterocycles. The van der Waals surface area contributed by atoms with E-state index in [1.54, 1.807) is 6.26 Å². The quantitative estimate of drug-likeness (QED) is 0.846. The molecule has 2 N–H and O–H groups in total. The Morgan fingerprint density at radius 2 is 2.15 bits per heavy atom. The summed E-state index contributed by atoms with van der Waals surface area (Å²) in [6.07, 6.45) is 1.12. The number of aliphatic imine (C=N–C) groups is 1. The van der Waals surface area contributed by atoms with Crippen LogP contribution in [0.15, 0.2) is 34.2 Å². The summed E-state index contributed by atoms with van der Waals surface area (Å²) in [5, 5.41) is 5.55. The molecule has 0 aromatic heterocycles. The molecule has 6 nitrogen and oxygen atoms in total. The fourth-order valence-corrected chi connectivity index (χ4v) is 2.45. The van der Waals surface area contributed by atoms with Gasteiger partial charge in [-0.25, -0.2) is 4.79 Å². The van der Waals surface area contributed by atoms with Gasteiger partial charge in [0.1, 0.15) is 0 Å². The molecule has 1 amide bonds. The van der Waals surface area contributed by atoms with Crippen molar-refractivity contribution in [3.05, 3.63) is 29.8 Å². The summed E-state index contributed by atoms with van der Waals surface area (Å²) in [5.74, 6) is 0.664. The highest BCUT2D eigenvalue weighted by Gasteiger charge is 2.18. The SMILES string of the molecule is COC(=O)NC1=NCC(c2ccc(S(C)=O)cc2)CN1. The summed E-state index contributed by atoms with van der Waals surface area (Å²) < 4.78 is 15.8. The molecule has 0 aliphatic carbocycles. The number of alkyl carbamates (subject to hydrolysis) is 1. The Kier molecular flexibility index (Phi) is 4.73. The van der Waals surface area contributed by atoms with Crippen LogP contribution >= 0.6 is 0 Å². The molecule has 108 valence electrons. The van der Waals surface area contributed by atoms with E-state index in [4.69, 9.17) is 0 Å². The van der Waals surface area contributed by atoms with Gasteiger partial charge in [0.25, 0.3) is 0 Å². The number of carbonyl (C=O) groups excluding carboxylic acids is 1. The van der Waals surface area contributed by atoms with Gasteiger partial charge in [0.2, 0.25) is 5.96 Å². The first-order valence-electron chi connectivity index (χ1n) is 6.17. The van der Waals surface area contributed by atoms with Crippen LogP contribution in [-0.4, -0.2) is 42.7 Å². The lowest BCUT2D eigenvalue weighted by molar-refractivity contribution is 0.176. The summed E-state index contributed by atoms with van der Waals surface area (Å²) >= 11 is 0. The maximum absolute atomic E-state index is 11.3. The highest BCUT2D eigenvalue weighted by molar-refractivity contribution is 7.84. The van der Waals surface area contributed by atoms with E-state index in [1.165, 1.54) is 7.11 Å². The number of rotatable bonds is 2. The first kappa shape index (κ1) is 14.5. The molecule has 0 bridgehead atoms. The highest BCUT2D eigenvalue weighted by atomic mass is 32.2. The third kappa shape index (κ3) is 3.57. The van der Waals surface area contributed by atoms with E-state index in [0.29, 0.717) is 19.0 Å². The number of guanidine groups is 1. The van der Waals surface area contributed by atoms with Crippen LogP contribution in [0.5, 0.6) is 0 Å². The molecule has 1 heterocycles. The van der Waals surface area contributed by atoms with Crippen molar-refractivity contribution in [2.24, 2.45) is 4.99 Å². The number of hydrogen-bond donors (Lipinski definition) is 2. The predicted octanol–water partition coefficient (Wildman–Crippen LogP) is 0.823. The van der Waals surface area contributed by atoms with Crippen molar-refractivity contribution in [3.8, 4) is 0 Å². The van der Waals surface area contributed by atoms with Crippen molar-refractivity contribution < 1.29 is 13.7 Å². The number of amides is 1. The van der Waals surface area contributed by atoms with Gasteiger partial charge in [0, 0.05) is 34.4 Å². The van der Waals surface area contributed by atoms with Gasteiger partial charge in [0.15, 0.2) is 0 Å². The Labute approximate surface area is 120 Å². The molecular formula is C13H17N3O3S. The maximum Gasteiger partial charge on any atom is 0.413 e. The van der Waals surface area contributed by atoms with E-state index in [2.05, 4.69) is 20.4 Å². The largest absolute Gasteiger partial charge is 0.453 e. The average molecular weight is 295 g/mol. The lowest BCUT2D eigenvalue weighted by atomic mass is 9.98. The van der Waals surface area contributed by atoms with Gasteiger partial charge in [-0.15, -0.1) is 0 Å². The molecule has 2 atom stereocenters. The zero-order valence-electron chi connectivity index (χ0n) is 11.4. The summed E-state index contributed by atoms with van der Waals surface area (Å²) in [5.41, 5.74) is 1.13. The Morgan fingerprint density at radius 1 is 1.45 bits per heavy atom. The summed E-state index contributed by atoms with van der Waals surface area (Å²) in [6.45, 7) is 1.26. The second kappa shape index (κ2) is 6.51. The van der Waals surface area contributed by atoms with Crippen LogP contribution in [0.2, 0.25) is 0 Å². The molecule has 7 heteroatoms. The van der Waals surface area contributed by atoms with E-state index in [9.17, 15) is 9.00 Å². The number of ether oxygens (including phenoxy) is 1. The zero-order valence-corrected chi connectivity index (χ0v) is 12.2. The third-order valence-corrected chi connectivity index (χ3v) is 4.01. The maximum atomic E-state index is 11.3. The number of hydrogen-bond acceptors (Lipinski definition) is 5. The Hall–Kier alpha value is -1.89. The molecule has 1 aliphatic rings. The number of methoxy groups -OCH3 is 1. The minimum atomic E-state index is -0.960. The smallest absolute Gasteiger partial charge is 0.413 e.